The van der Waals surface area contributed by atoms with Crippen LogP contribution >= 0.6 is 0 Å². The van der Waals surface area contributed by atoms with Crippen molar-refractivity contribution in [2.45, 2.75) is 32.5 Å². The third kappa shape index (κ3) is 2.36. The summed E-state index contributed by atoms with van der Waals surface area (Å²) in [6, 6.07) is 8.02. The van der Waals surface area contributed by atoms with E-state index in [1.807, 2.05) is 31.2 Å². The molecule has 1 aliphatic rings. The van der Waals surface area contributed by atoms with Gasteiger partial charge in [-0.15, -0.1) is 0 Å². The maximum Gasteiger partial charge on any atom is 0.138 e. The molecule has 1 fully saturated rings. The van der Waals surface area contributed by atoms with E-state index in [4.69, 9.17) is 9.47 Å². The Morgan fingerprint density at radius 1 is 1.44 bits per heavy atom. The van der Waals surface area contributed by atoms with E-state index in [1.54, 1.807) is 0 Å². The van der Waals surface area contributed by atoms with Crippen molar-refractivity contribution in [2.24, 2.45) is 0 Å². The van der Waals surface area contributed by atoms with Crippen molar-refractivity contribution in [1.29, 1.82) is 0 Å². The summed E-state index contributed by atoms with van der Waals surface area (Å²) in [7, 11) is 0. The molecular formula is C13H19NO2. The Balaban J connectivity index is 2.20. The molecule has 1 unspecified atom stereocenters. The molecule has 16 heavy (non-hydrogen) atoms. The molecule has 1 aromatic carbocycles. The van der Waals surface area contributed by atoms with Crippen molar-refractivity contribution in [3.63, 3.8) is 0 Å². The monoisotopic (exact) mass is 221 g/mol. The van der Waals surface area contributed by atoms with Crippen LogP contribution < -0.4 is 10.1 Å². The van der Waals surface area contributed by atoms with Gasteiger partial charge in [-0.25, -0.2) is 0 Å². The minimum Gasteiger partial charge on any atom is -0.493 e. The minimum atomic E-state index is -0.0576. The summed E-state index contributed by atoms with van der Waals surface area (Å²) in [4.78, 5) is 0. The summed E-state index contributed by atoms with van der Waals surface area (Å²) in [5.74, 6) is 0.903. The lowest BCUT2D eigenvalue weighted by Gasteiger charge is -2.19. The summed E-state index contributed by atoms with van der Waals surface area (Å²) in [5.41, 5.74) is 1.11. The Morgan fingerprint density at radius 2 is 2.19 bits per heavy atom. The van der Waals surface area contributed by atoms with Gasteiger partial charge in [-0.3, -0.25) is 5.32 Å². The molecule has 1 aliphatic heterocycles. The highest BCUT2D eigenvalue weighted by Gasteiger charge is 2.32. The van der Waals surface area contributed by atoms with Crippen molar-refractivity contribution in [2.75, 3.05) is 13.2 Å². The average molecular weight is 221 g/mol. The Kier molecular flexibility index (Phi) is 3.17. The van der Waals surface area contributed by atoms with Gasteiger partial charge in [-0.05, 0) is 26.8 Å². The number of hydrogen-bond donors (Lipinski definition) is 1. The molecule has 3 heteroatoms. The van der Waals surface area contributed by atoms with Crippen LogP contribution in [0.2, 0.25) is 0 Å². The minimum absolute atomic E-state index is 0.0317. The first kappa shape index (κ1) is 11.4. The van der Waals surface area contributed by atoms with Crippen LogP contribution in [0.25, 0.3) is 0 Å². The number of nitrogens with one attached hydrogen (secondary N) is 1. The maximum atomic E-state index is 5.75. The number of para-hydroxylation sites is 1. The van der Waals surface area contributed by atoms with Gasteiger partial charge in [0.15, 0.2) is 0 Å². The molecule has 2 rings (SSSR count). The van der Waals surface area contributed by atoms with Crippen LogP contribution in [0.5, 0.6) is 5.75 Å². The summed E-state index contributed by atoms with van der Waals surface area (Å²) in [5, 5.41) is 3.44. The normalized spacial score (nSPS) is 23.3. The molecule has 1 saturated heterocycles. The molecule has 0 amide bonds. The second-order valence-electron chi connectivity index (χ2n) is 4.69. The summed E-state index contributed by atoms with van der Waals surface area (Å²) in [6.07, 6.45) is -0.0576. The highest BCUT2D eigenvalue weighted by Crippen LogP contribution is 2.31. The van der Waals surface area contributed by atoms with E-state index in [0.29, 0.717) is 6.61 Å². The molecule has 1 aromatic rings. The van der Waals surface area contributed by atoms with Gasteiger partial charge in [0.05, 0.1) is 13.2 Å². The lowest BCUT2D eigenvalue weighted by molar-refractivity contribution is 0.0961. The zero-order valence-electron chi connectivity index (χ0n) is 10.1. The fraction of sp³-hybridized carbons (Fsp3) is 0.538. The highest BCUT2D eigenvalue weighted by molar-refractivity contribution is 5.35. The van der Waals surface area contributed by atoms with Crippen molar-refractivity contribution in [3.8, 4) is 5.75 Å². The van der Waals surface area contributed by atoms with E-state index >= 15 is 0 Å². The van der Waals surface area contributed by atoms with Gasteiger partial charge < -0.3 is 9.47 Å². The third-order valence-corrected chi connectivity index (χ3v) is 2.63. The molecule has 0 aromatic heterocycles. The largest absolute Gasteiger partial charge is 0.493 e. The van der Waals surface area contributed by atoms with E-state index in [9.17, 15) is 0 Å². The van der Waals surface area contributed by atoms with Gasteiger partial charge in [0.1, 0.15) is 12.0 Å². The quantitative estimate of drug-likeness (QED) is 0.850. The lowest BCUT2D eigenvalue weighted by atomic mass is 10.1. The van der Waals surface area contributed by atoms with Crippen molar-refractivity contribution >= 4 is 0 Å². The van der Waals surface area contributed by atoms with Crippen molar-refractivity contribution in [3.05, 3.63) is 29.8 Å². The smallest absolute Gasteiger partial charge is 0.138 e. The standard InChI is InChI=1S/C13H19NO2/c1-4-15-11-8-6-5-7-10(11)12-14-13(2,3)9-16-12/h5-8,12,14H,4,9H2,1-3H3. The summed E-state index contributed by atoms with van der Waals surface area (Å²) < 4.78 is 11.3. The average Bonchev–Trinajstić information content (AvgIpc) is 2.60. The third-order valence-electron chi connectivity index (χ3n) is 2.63. The van der Waals surface area contributed by atoms with Gasteiger partial charge in [0.2, 0.25) is 0 Å². The van der Waals surface area contributed by atoms with E-state index in [-0.39, 0.29) is 11.8 Å². The first-order valence-electron chi connectivity index (χ1n) is 5.73. The predicted octanol–water partition coefficient (Wildman–Crippen LogP) is 2.48. The molecule has 1 heterocycles. The fourth-order valence-corrected chi connectivity index (χ4v) is 1.88. The molecule has 3 nitrogen and oxygen atoms in total. The van der Waals surface area contributed by atoms with E-state index in [0.717, 1.165) is 17.9 Å². The zero-order valence-corrected chi connectivity index (χ0v) is 10.1. The van der Waals surface area contributed by atoms with E-state index in [1.165, 1.54) is 0 Å². The van der Waals surface area contributed by atoms with Crippen LogP contribution in [-0.4, -0.2) is 18.8 Å². The van der Waals surface area contributed by atoms with Gasteiger partial charge in [-0.1, -0.05) is 18.2 Å². The van der Waals surface area contributed by atoms with Crippen LogP contribution in [0.3, 0.4) is 0 Å². The Labute approximate surface area is 96.8 Å². The molecule has 0 aliphatic carbocycles. The zero-order chi connectivity index (χ0) is 11.6. The number of rotatable bonds is 3. The highest BCUT2D eigenvalue weighted by atomic mass is 16.5. The topological polar surface area (TPSA) is 30.5 Å². The number of ether oxygens (including phenoxy) is 2. The second kappa shape index (κ2) is 4.44. The van der Waals surface area contributed by atoms with Gasteiger partial charge >= 0.3 is 0 Å². The molecule has 0 bridgehead atoms. The molecule has 0 spiro atoms. The van der Waals surface area contributed by atoms with Gasteiger partial charge in [-0.2, -0.15) is 0 Å². The van der Waals surface area contributed by atoms with Crippen LogP contribution in [0.15, 0.2) is 24.3 Å². The van der Waals surface area contributed by atoms with E-state index < -0.39 is 0 Å². The molecular weight excluding hydrogens is 202 g/mol. The first-order valence-corrected chi connectivity index (χ1v) is 5.73. The molecule has 1 N–H and O–H groups in total. The van der Waals surface area contributed by atoms with Gasteiger partial charge in [0.25, 0.3) is 0 Å². The van der Waals surface area contributed by atoms with Crippen molar-refractivity contribution < 1.29 is 9.47 Å². The SMILES string of the molecule is CCOc1ccccc1C1NC(C)(C)CO1. The molecule has 0 radical (unpaired) electrons. The van der Waals surface area contributed by atoms with Crippen LogP contribution in [0.1, 0.15) is 32.6 Å². The van der Waals surface area contributed by atoms with Crippen LogP contribution in [-0.2, 0) is 4.74 Å². The fourth-order valence-electron chi connectivity index (χ4n) is 1.88. The lowest BCUT2D eigenvalue weighted by Crippen LogP contribution is -2.35. The van der Waals surface area contributed by atoms with E-state index in [2.05, 4.69) is 19.2 Å². The summed E-state index contributed by atoms with van der Waals surface area (Å²) in [6.45, 7) is 7.65. The van der Waals surface area contributed by atoms with Crippen LogP contribution in [0.4, 0.5) is 0 Å². The Morgan fingerprint density at radius 3 is 2.81 bits per heavy atom. The Hall–Kier alpha value is -1.06. The molecule has 1 atom stereocenters. The molecule has 88 valence electrons. The number of benzene rings is 1. The number of hydrogen-bond acceptors (Lipinski definition) is 3. The van der Waals surface area contributed by atoms with Gasteiger partial charge in [0, 0.05) is 11.1 Å². The second-order valence-corrected chi connectivity index (χ2v) is 4.69. The molecule has 0 saturated carbocycles. The summed E-state index contributed by atoms with van der Waals surface area (Å²) >= 11 is 0. The Bertz CT molecular complexity index is 363. The predicted molar refractivity (Wildman–Crippen MR) is 63.5 cm³/mol. The van der Waals surface area contributed by atoms with Crippen molar-refractivity contribution in [1.82, 2.24) is 5.32 Å². The van der Waals surface area contributed by atoms with Crippen LogP contribution in [0, 0.1) is 0 Å². The first-order chi connectivity index (χ1) is 7.62. The maximum absolute atomic E-state index is 5.75.